The van der Waals surface area contributed by atoms with Crippen LogP contribution in [0.25, 0.3) is 0 Å². The lowest BCUT2D eigenvalue weighted by Gasteiger charge is -2.45. The van der Waals surface area contributed by atoms with Crippen molar-refractivity contribution in [1.29, 1.82) is 0 Å². The molecule has 0 heterocycles. The van der Waals surface area contributed by atoms with Gasteiger partial charge >= 0.3 is 0 Å². The molecule has 0 saturated carbocycles. The number of unbranched alkanes of at least 4 members (excludes halogenated alkanes) is 3. The third kappa shape index (κ3) is 6.34. The van der Waals surface area contributed by atoms with Gasteiger partial charge in [0.2, 0.25) is 0 Å². The van der Waals surface area contributed by atoms with Gasteiger partial charge in [0.15, 0.2) is 0 Å². The topological polar surface area (TPSA) is 0 Å². The number of aryl methyl sites for hydroxylation is 4. The van der Waals surface area contributed by atoms with Crippen LogP contribution in [0, 0.1) is 27.7 Å². The van der Waals surface area contributed by atoms with Crippen molar-refractivity contribution in [2.24, 2.45) is 0 Å². The Morgan fingerprint density at radius 2 is 0.686 bits per heavy atom. The van der Waals surface area contributed by atoms with E-state index in [1.54, 1.807) is 0 Å². The predicted molar refractivity (Wildman–Crippen MR) is 159 cm³/mol. The van der Waals surface area contributed by atoms with Crippen LogP contribution in [0.3, 0.4) is 0 Å². The second-order valence-corrected chi connectivity index (χ2v) is 10.2. The van der Waals surface area contributed by atoms with Crippen LogP contribution in [0.4, 0.5) is 0 Å². The lowest BCUT2D eigenvalue weighted by atomic mass is 9.13. The SMILES string of the molecule is CCCCCC.Cc1cccc([B-](c2cccc(C)c2)(c2cccc(C)c2)c2cccc(C)c2)c1. The molecule has 0 saturated heterocycles. The molecule has 0 aliphatic carbocycles. The van der Waals surface area contributed by atoms with E-state index in [0.717, 1.165) is 0 Å². The summed E-state index contributed by atoms with van der Waals surface area (Å²) >= 11 is 0. The number of hydrogen-bond acceptors (Lipinski definition) is 0. The van der Waals surface area contributed by atoms with Gasteiger partial charge in [-0.2, -0.15) is 21.9 Å². The zero-order valence-electron chi connectivity index (χ0n) is 22.6. The first-order valence-corrected chi connectivity index (χ1v) is 13.4. The highest BCUT2D eigenvalue weighted by atomic mass is 14.1. The Kier molecular flexibility index (Phi) is 9.55. The lowest BCUT2D eigenvalue weighted by molar-refractivity contribution is 0.702. The largest absolute Gasteiger partial charge is 0.195 e. The highest BCUT2D eigenvalue weighted by Gasteiger charge is 2.32. The summed E-state index contributed by atoms with van der Waals surface area (Å²) in [6, 6.07) is 36.2. The summed E-state index contributed by atoms with van der Waals surface area (Å²) in [6.07, 6.45) is 4.24. The molecule has 4 aromatic carbocycles. The smallest absolute Gasteiger partial charge is 0.108 e. The van der Waals surface area contributed by atoms with Crippen molar-refractivity contribution >= 4 is 28.0 Å². The van der Waals surface area contributed by atoms with E-state index >= 15 is 0 Å². The van der Waals surface area contributed by atoms with Crippen molar-refractivity contribution < 1.29 is 0 Å². The molecule has 1 heteroatoms. The fraction of sp³-hybridized carbons (Fsp3) is 0.294. The molecular formula is C34H42B-. The molecule has 0 amide bonds. The van der Waals surface area contributed by atoms with Gasteiger partial charge in [-0.1, -0.05) is 159 Å². The van der Waals surface area contributed by atoms with Gasteiger partial charge < -0.3 is 0 Å². The first-order chi connectivity index (χ1) is 16.9. The molecule has 0 aliphatic rings. The quantitative estimate of drug-likeness (QED) is 0.208. The zero-order valence-corrected chi connectivity index (χ0v) is 22.6. The fourth-order valence-corrected chi connectivity index (χ4v) is 5.41. The second kappa shape index (κ2) is 12.6. The minimum atomic E-state index is -1.29. The molecule has 0 spiro atoms. The molecule has 0 aliphatic heterocycles. The maximum absolute atomic E-state index is 2.37. The summed E-state index contributed by atoms with van der Waals surface area (Å²) in [7, 11) is 0. The molecule has 0 N–H and O–H groups in total. The standard InChI is InChI=1S/C28H28B.C6H14/c1-21-9-5-13-25(17-21)29(26-14-6-10-22(2)18-26,27-15-7-11-23(3)19-27)28-16-8-12-24(4)20-28;1-3-5-6-4-2/h5-20H,1-4H3;3-6H2,1-2H3/q-1;. The van der Waals surface area contributed by atoms with E-state index in [0.29, 0.717) is 0 Å². The van der Waals surface area contributed by atoms with Crippen molar-refractivity contribution in [3.05, 3.63) is 119 Å². The molecule has 0 radical (unpaired) electrons. The van der Waals surface area contributed by atoms with E-state index in [1.807, 2.05) is 0 Å². The maximum atomic E-state index is 2.37. The number of rotatable bonds is 7. The number of benzene rings is 4. The fourth-order valence-electron chi connectivity index (χ4n) is 5.41. The van der Waals surface area contributed by atoms with Gasteiger partial charge in [-0.15, -0.1) is 0 Å². The van der Waals surface area contributed by atoms with Crippen molar-refractivity contribution in [3.8, 4) is 0 Å². The van der Waals surface area contributed by atoms with Crippen molar-refractivity contribution in [2.75, 3.05) is 0 Å². The molecule has 0 nitrogen and oxygen atoms in total. The Balaban J connectivity index is 0.000000509. The molecule has 35 heavy (non-hydrogen) atoms. The molecule has 4 aromatic rings. The molecule has 182 valence electrons. The lowest BCUT2D eigenvalue weighted by Crippen LogP contribution is -2.75. The maximum Gasteiger partial charge on any atom is 0.108 e. The van der Waals surface area contributed by atoms with Crippen molar-refractivity contribution in [1.82, 2.24) is 0 Å². The molecule has 0 atom stereocenters. The molecule has 0 bridgehead atoms. The van der Waals surface area contributed by atoms with Gasteiger partial charge in [-0.3, -0.25) is 0 Å². The highest BCUT2D eigenvalue weighted by molar-refractivity contribution is 7.19. The second-order valence-electron chi connectivity index (χ2n) is 10.2. The molecule has 0 unspecified atom stereocenters. The van der Waals surface area contributed by atoms with Gasteiger partial charge in [0.05, 0.1) is 0 Å². The molecular weight excluding hydrogens is 419 g/mol. The first kappa shape index (κ1) is 26.5. The summed E-state index contributed by atoms with van der Waals surface area (Å²) in [5.41, 5.74) is 10.6. The van der Waals surface area contributed by atoms with Gasteiger partial charge in [0.1, 0.15) is 6.15 Å². The van der Waals surface area contributed by atoms with Crippen LogP contribution in [0.15, 0.2) is 97.1 Å². The predicted octanol–water partition coefficient (Wildman–Crippen LogP) is 6.88. The average molecular weight is 462 g/mol. The van der Waals surface area contributed by atoms with Crippen LogP contribution in [-0.4, -0.2) is 6.15 Å². The summed E-state index contributed by atoms with van der Waals surface area (Å²) in [5, 5.41) is 0. The minimum Gasteiger partial charge on any atom is -0.195 e. The van der Waals surface area contributed by atoms with Crippen LogP contribution in [0.5, 0.6) is 0 Å². The minimum absolute atomic E-state index is 1.29. The van der Waals surface area contributed by atoms with Crippen LogP contribution in [0.1, 0.15) is 61.8 Å². The van der Waals surface area contributed by atoms with Crippen molar-refractivity contribution in [2.45, 2.75) is 67.2 Å². The summed E-state index contributed by atoms with van der Waals surface area (Å²) in [6.45, 7) is 13.2. The molecule has 0 aromatic heterocycles. The number of hydrogen-bond donors (Lipinski definition) is 0. The van der Waals surface area contributed by atoms with Crippen LogP contribution < -0.4 is 21.9 Å². The van der Waals surface area contributed by atoms with E-state index in [2.05, 4.69) is 139 Å². The average Bonchev–Trinajstić information content (AvgIpc) is 2.84. The van der Waals surface area contributed by atoms with Gasteiger partial charge in [0.25, 0.3) is 0 Å². The van der Waals surface area contributed by atoms with E-state index < -0.39 is 6.15 Å². The van der Waals surface area contributed by atoms with Crippen LogP contribution in [-0.2, 0) is 0 Å². The van der Waals surface area contributed by atoms with Crippen molar-refractivity contribution in [3.63, 3.8) is 0 Å². The summed E-state index contributed by atoms with van der Waals surface area (Å²) < 4.78 is 0. The summed E-state index contributed by atoms with van der Waals surface area (Å²) in [4.78, 5) is 0. The van der Waals surface area contributed by atoms with E-state index in [4.69, 9.17) is 0 Å². The van der Waals surface area contributed by atoms with E-state index in [1.165, 1.54) is 69.8 Å². The monoisotopic (exact) mass is 461 g/mol. The molecule has 4 rings (SSSR count). The zero-order chi connectivity index (χ0) is 25.3. The van der Waals surface area contributed by atoms with Gasteiger partial charge in [-0.05, 0) is 27.7 Å². The highest BCUT2D eigenvalue weighted by Crippen LogP contribution is 2.13. The van der Waals surface area contributed by atoms with Gasteiger partial charge in [-0.25, -0.2) is 0 Å². The Bertz CT molecular complexity index is 1030. The Hall–Kier alpha value is -3.06. The van der Waals surface area contributed by atoms with Crippen LogP contribution in [0.2, 0.25) is 0 Å². The normalized spacial score (nSPS) is 11.0. The Labute approximate surface area is 214 Å². The molecule has 0 fully saturated rings. The Morgan fingerprint density at radius 1 is 0.429 bits per heavy atom. The van der Waals surface area contributed by atoms with Crippen LogP contribution >= 0.6 is 0 Å². The van der Waals surface area contributed by atoms with E-state index in [-0.39, 0.29) is 0 Å². The third-order valence-electron chi connectivity index (χ3n) is 7.13. The Morgan fingerprint density at radius 3 is 0.886 bits per heavy atom. The third-order valence-corrected chi connectivity index (χ3v) is 7.13. The summed E-state index contributed by atoms with van der Waals surface area (Å²) in [5.74, 6) is 0. The van der Waals surface area contributed by atoms with E-state index in [9.17, 15) is 0 Å². The first-order valence-electron chi connectivity index (χ1n) is 13.4. The van der Waals surface area contributed by atoms with Gasteiger partial charge in [0, 0.05) is 0 Å².